The predicted octanol–water partition coefficient (Wildman–Crippen LogP) is 0.614. The van der Waals surface area contributed by atoms with Crippen molar-refractivity contribution in [3.63, 3.8) is 0 Å². The van der Waals surface area contributed by atoms with Gasteiger partial charge >= 0.3 is 0 Å². The van der Waals surface area contributed by atoms with Gasteiger partial charge in [-0.25, -0.2) is 4.40 Å². The van der Waals surface area contributed by atoms with Crippen LogP contribution in [0.25, 0.3) is 0 Å². The number of rotatable bonds is 0. The van der Waals surface area contributed by atoms with Crippen LogP contribution in [-0.4, -0.2) is 11.7 Å². The van der Waals surface area contributed by atoms with Gasteiger partial charge in [0.2, 0.25) is 0 Å². The molecule has 0 aliphatic carbocycles. The Morgan fingerprint density at radius 1 is 2.00 bits per heavy atom. The summed E-state index contributed by atoms with van der Waals surface area (Å²) in [4.78, 5) is 0. The molecule has 0 radical (unpaired) electrons. The Balaban J connectivity index is 2.45. The average molecular weight is 102 g/mol. The van der Waals surface area contributed by atoms with E-state index < -0.39 is 0 Å². The van der Waals surface area contributed by atoms with E-state index >= 15 is 0 Å². The van der Waals surface area contributed by atoms with Gasteiger partial charge in [0.1, 0.15) is 5.84 Å². The lowest BCUT2D eigenvalue weighted by atomic mass is 10.7. The average Bonchev–Trinajstić information content (AvgIpc) is 1.86. The maximum Gasteiger partial charge on any atom is 0.108 e. The fourth-order valence-electron chi connectivity index (χ4n) is 0.298. The van der Waals surface area contributed by atoms with Gasteiger partial charge in [-0.05, 0) is 18.9 Å². The van der Waals surface area contributed by atoms with Crippen LogP contribution in [-0.2, 0) is 0 Å². The summed E-state index contributed by atoms with van der Waals surface area (Å²) in [5, 5.41) is 3.03. The highest BCUT2D eigenvalue weighted by Crippen LogP contribution is 2.04. The first-order valence-electron chi connectivity index (χ1n) is 1.80. The minimum absolute atomic E-state index is 0.950. The third kappa shape index (κ3) is 0.653. The van der Waals surface area contributed by atoms with Crippen LogP contribution in [0.15, 0.2) is 4.40 Å². The molecule has 0 saturated heterocycles. The second-order valence-electron chi connectivity index (χ2n) is 1.13. The lowest BCUT2D eigenvalue weighted by Crippen LogP contribution is -2.12. The summed E-state index contributed by atoms with van der Waals surface area (Å²) < 4.78 is 3.96. The van der Waals surface area contributed by atoms with Crippen LogP contribution in [0.3, 0.4) is 0 Å². The van der Waals surface area contributed by atoms with Crippen molar-refractivity contribution in [3.05, 3.63) is 0 Å². The number of amidine groups is 1. The van der Waals surface area contributed by atoms with Crippen molar-refractivity contribution in [2.24, 2.45) is 4.40 Å². The van der Waals surface area contributed by atoms with E-state index in [0.29, 0.717) is 0 Å². The molecule has 2 nitrogen and oxygen atoms in total. The Kier molecular flexibility index (Phi) is 1.01. The summed E-state index contributed by atoms with van der Waals surface area (Å²) in [6, 6.07) is 0. The molecule has 0 aromatic heterocycles. The fraction of sp³-hybridized carbons (Fsp3) is 0.667. The van der Waals surface area contributed by atoms with E-state index in [1.807, 2.05) is 6.92 Å². The Labute approximate surface area is 41.2 Å². The molecule has 0 bridgehead atoms. The number of nitrogens with zero attached hydrogens (tertiary/aromatic N) is 1. The molecule has 0 saturated carbocycles. The van der Waals surface area contributed by atoms with Crippen molar-refractivity contribution in [1.29, 1.82) is 0 Å². The second kappa shape index (κ2) is 1.51. The zero-order valence-corrected chi connectivity index (χ0v) is 4.38. The Bertz CT molecular complexity index is 78.9. The highest BCUT2D eigenvalue weighted by atomic mass is 32.2. The molecule has 34 valence electrons. The molecule has 0 aromatic rings. The largest absolute Gasteiger partial charge is 0.362 e. The van der Waals surface area contributed by atoms with Crippen molar-refractivity contribution in [2.45, 2.75) is 6.92 Å². The molecule has 6 heavy (non-hydrogen) atoms. The smallest absolute Gasteiger partial charge is 0.108 e. The van der Waals surface area contributed by atoms with Gasteiger partial charge in [0.25, 0.3) is 0 Å². The molecule has 1 N–H and O–H groups in total. The molecule has 0 fully saturated rings. The van der Waals surface area contributed by atoms with Gasteiger partial charge in [-0.3, -0.25) is 0 Å². The van der Waals surface area contributed by atoms with Gasteiger partial charge in [-0.2, -0.15) is 0 Å². The normalized spacial score (nSPS) is 19.8. The van der Waals surface area contributed by atoms with E-state index in [0.717, 1.165) is 11.7 Å². The van der Waals surface area contributed by atoms with Crippen LogP contribution in [0.4, 0.5) is 0 Å². The number of hydrogen-bond acceptors (Lipinski definition) is 3. The van der Waals surface area contributed by atoms with Crippen LogP contribution in [0, 0.1) is 0 Å². The highest BCUT2D eigenvalue weighted by molar-refractivity contribution is 7.98. The van der Waals surface area contributed by atoms with Gasteiger partial charge in [0, 0.05) is 0 Å². The van der Waals surface area contributed by atoms with Crippen molar-refractivity contribution < 1.29 is 0 Å². The van der Waals surface area contributed by atoms with Crippen LogP contribution in [0.1, 0.15) is 6.92 Å². The van der Waals surface area contributed by atoms with Crippen molar-refractivity contribution in [3.8, 4) is 0 Å². The summed E-state index contributed by atoms with van der Waals surface area (Å²) in [5.41, 5.74) is 0. The van der Waals surface area contributed by atoms with Crippen molar-refractivity contribution >= 4 is 17.8 Å². The van der Waals surface area contributed by atoms with Crippen molar-refractivity contribution in [1.82, 2.24) is 5.32 Å². The standard InChI is InChI=1S/C3H6N2S/c1-3-4-2-6-5-3/h2H2,1H3,(H,4,5). The lowest BCUT2D eigenvalue weighted by molar-refractivity contribution is 1.15. The summed E-state index contributed by atoms with van der Waals surface area (Å²) in [7, 11) is 0. The predicted molar refractivity (Wildman–Crippen MR) is 28.7 cm³/mol. The van der Waals surface area contributed by atoms with Gasteiger partial charge in [0.05, 0.1) is 5.88 Å². The SMILES string of the molecule is CC1=NSCN1. The zero-order chi connectivity index (χ0) is 4.41. The van der Waals surface area contributed by atoms with E-state index in [2.05, 4.69) is 9.71 Å². The van der Waals surface area contributed by atoms with Gasteiger partial charge in [0.15, 0.2) is 0 Å². The van der Waals surface area contributed by atoms with E-state index in [-0.39, 0.29) is 0 Å². The third-order valence-corrected chi connectivity index (χ3v) is 1.27. The first-order valence-corrected chi connectivity index (χ1v) is 2.74. The minimum Gasteiger partial charge on any atom is -0.362 e. The molecule has 1 heterocycles. The zero-order valence-electron chi connectivity index (χ0n) is 3.56. The highest BCUT2D eigenvalue weighted by Gasteiger charge is 1.94. The van der Waals surface area contributed by atoms with Gasteiger partial charge in [-0.1, -0.05) is 0 Å². The summed E-state index contributed by atoms with van der Waals surface area (Å²) >= 11 is 1.56. The Morgan fingerprint density at radius 2 is 2.83 bits per heavy atom. The molecule has 0 unspecified atom stereocenters. The maximum absolute atomic E-state index is 3.96. The third-order valence-electron chi connectivity index (χ3n) is 0.594. The summed E-state index contributed by atoms with van der Waals surface area (Å²) in [6.45, 7) is 1.96. The molecule has 0 amide bonds. The fourth-order valence-corrected chi connectivity index (χ4v) is 0.894. The summed E-state index contributed by atoms with van der Waals surface area (Å²) in [6.07, 6.45) is 0. The van der Waals surface area contributed by atoms with E-state index in [4.69, 9.17) is 0 Å². The quantitative estimate of drug-likeness (QED) is 0.453. The number of nitrogens with one attached hydrogen (secondary N) is 1. The molecule has 1 rings (SSSR count). The monoisotopic (exact) mass is 102 g/mol. The topological polar surface area (TPSA) is 24.4 Å². The second-order valence-corrected chi connectivity index (χ2v) is 1.86. The first kappa shape index (κ1) is 3.99. The van der Waals surface area contributed by atoms with Gasteiger partial charge < -0.3 is 5.32 Å². The van der Waals surface area contributed by atoms with Crippen molar-refractivity contribution in [2.75, 3.05) is 5.88 Å². The van der Waals surface area contributed by atoms with E-state index in [1.165, 1.54) is 0 Å². The Morgan fingerprint density at radius 3 is 3.00 bits per heavy atom. The molecule has 1 aliphatic rings. The molecule has 0 spiro atoms. The maximum atomic E-state index is 3.96. The Hall–Kier alpha value is -0.180. The molecular weight excluding hydrogens is 96.1 g/mol. The summed E-state index contributed by atoms with van der Waals surface area (Å²) in [5.74, 6) is 1.99. The van der Waals surface area contributed by atoms with E-state index in [1.54, 1.807) is 11.9 Å². The minimum atomic E-state index is 0.950. The van der Waals surface area contributed by atoms with E-state index in [9.17, 15) is 0 Å². The van der Waals surface area contributed by atoms with Crippen LogP contribution >= 0.6 is 11.9 Å². The molecular formula is C3H6N2S. The molecule has 0 atom stereocenters. The molecule has 0 aromatic carbocycles. The molecule has 3 heteroatoms. The van der Waals surface area contributed by atoms with Crippen LogP contribution in [0.2, 0.25) is 0 Å². The van der Waals surface area contributed by atoms with Gasteiger partial charge in [-0.15, -0.1) is 0 Å². The van der Waals surface area contributed by atoms with Crippen LogP contribution in [0.5, 0.6) is 0 Å². The lowest BCUT2D eigenvalue weighted by Gasteiger charge is -1.83. The molecule has 1 aliphatic heterocycles. The number of hydrogen-bond donors (Lipinski definition) is 1. The van der Waals surface area contributed by atoms with Crippen LogP contribution < -0.4 is 5.32 Å². The first-order chi connectivity index (χ1) is 2.89.